The second kappa shape index (κ2) is 14.8. The van der Waals surface area contributed by atoms with Crippen LogP contribution in [0.3, 0.4) is 0 Å². The Kier molecular flexibility index (Phi) is 13.3. The van der Waals surface area contributed by atoms with E-state index in [1.807, 2.05) is 0 Å². The topological polar surface area (TPSA) is 71.1 Å². The molecule has 0 atom stereocenters. The van der Waals surface area contributed by atoms with Crippen LogP contribution in [0.2, 0.25) is 0 Å². The van der Waals surface area contributed by atoms with Crippen LogP contribution in [0.1, 0.15) is 111 Å². The third-order valence-corrected chi connectivity index (χ3v) is 5.49. The van der Waals surface area contributed by atoms with E-state index in [9.17, 15) is 9.59 Å². The maximum Gasteiger partial charge on any atom is 0.516 e. The normalized spacial score (nSPS) is 17.5. The van der Waals surface area contributed by atoms with Crippen molar-refractivity contribution in [2.45, 2.75) is 117 Å². The molecule has 0 aromatic rings. The summed E-state index contributed by atoms with van der Waals surface area (Å²) in [6.45, 7) is 9.23. The van der Waals surface area contributed by atoms with Gasteiger partial charge in [-0.3, -0.25) is 4.79 Å². The molecule has 6 nitrogen and oxygen atoms in total. The Labute approximate surface area is 183 Å². The van der Waals surface area contributed by atoms with Crippen molar-refractivity contribution in [3.8, 4) is 0 Å². The quantitative estimate of drug-likeness (QED) is 0.167. The lowest BCUT2D eigenvalue weighted by molar-refractivity contribution is -0.303. The lowest BCUT2D eigenvalue weighted by atomic mass is 9.93. The van der Waals surface area contributed by atoms with E-state index in [0.717, 1.165) is 12.8 Å². The molecule has 0 aromatic carbocycles. The summed E-state index contributed by atoms with van der Waals surface area (Å²) in [7, 11) is 0. The van der Waals surface area contributed by atoms with Crippen LogP contribution < -0.4 is 0 Å². The smallest absolute Gasteiger partial charge is 0.434 e. The summed E-state index contributed by atoms with van der Waals surface area (Å²) in [5, 5.41) is 0. The van der Waals surface area contributed by atoms with Gasteiger partial charge in [0, 0.05) is 11.8 Å². The molecule has 30 heavy (non-hydrogen) atoms. The van der Waals surface area contributed by atoms with E-state index in [0.29, 0.717) is 19.6 Å². The number of rotatable bonds is 15. The van der Waals surface area contributed by atoms with Crippen molar-refractivity contribution in [3.05, 3.63) is 0 Å². The Morgan fingerprint density at radius 3 is 1.80 bits per heavy atom. The largest absolute Gasteiger partial charge is 0.516 e. The van der Waals surface area contributed by atoms with Crippen LogP contribution in [0, 0.1) is 5.41 Å². The Bertz CT molecular complexity index is 478. The molecule has 0 aromatic heterocycles. The number of hydrogen-bond acceptors (Lipinski definition) is 6. The van der Waals surface area contributed by atoms with Crippen LogP contribution in [-0.2, 0) is 23.7 Å². The third-order valence-electron chi connectivity index (χ3n) is 5.49. The van der Waals surface area contributed by atoms with Gasteiger partial charge in [0.2, 0.25) is 0 Å². The van der Waals surface area contributed by atoms with Gasteiger partial charge in [0.1, 0.15) is 6.42 Å². The number of carbonyl (C=O) groups is 2. The molecule has 0 unspecified atom stereocenters. The van der Waals surface area contributed by atoms with Crippen molar-refractivity contribution in [3.63, 3.8) is 0 Å². The Morgan fingerprint density at radius 1 is 0.800 bits per heavy atom. The van der Waals surface area contributed by atoms with Gasteiger partial charge in [0.25, 0.3) is 0 Å². The van der Waals surface area contributed by atoms with Gasteiger partial charge >= 0.3 is 12.1 Å². The van der Waals surface area contributed by atoms with Crippen LogP contribution in [0.5, 0.6) is 0 Å². The molecule has 0 radical (unpaired) electrons. The van der Waals surface area contributed by atoms with Crippen molar-refractivity contribution in [1.29, 1.82) is 0 Å². The Balaban J connectivity index is 2.32. The van der Waals surface area contributed by atoms with Gasteiger partial charge in [-0.15, -0.1) is 0 Å². The summed E-state index contributed by atoms with van der Waals surface area (Å²) in [6.07, 6.45) is 13.4. The van der Waals surface area contributed by atoms with Gasteiger partial charge < -0.3 is 18.9 Å². The van der Waals surface area contributed by atoms with Crippen LogP contribution in [0.25, 0.3) is 0 Å². The molecular weight excluding hydrogens is 384 g/mol. The van der Waals surface area contributed by atoms with Crippen molar-refractivity contribution in [2.24, 2.45) is 5.41 Å². The van der Waals surface area contributed by atoms with Gasteiger partial charge in [-0.25, -0.2) is 4.79 Å². The summed E-state index contributed by atoms with van der Waals surface area (Å²) < 4.78 is 21.4. The standard InChI is InChI=1S/C24H44O6/c1-5-7-8-9-10-11-12-13-14-15-16-17-24(28-19-23(3,4)20-29-24)18-21(25)30-22(26)27-6-2/h5-20H2,1-4H3. The van der Waals surface area contributed by atoms with Crippen LogP contribution in [0.4, 0.5) is 4.79 Å². The van der Waals surface area contributed by atoms with Crippen molar-refractivity contribution in [1.82, 2.24) is 0 Å². The summed E-state index contributed by atoms with van der Waals surface area (Å²) >= 11 is 0. The van der Waals surface area contributed by atoms with E-state index in [2.05, 4.69) is 25.5 Å². The fraction of sp³-hybridized carbons (Fsp3) is 0.917. The van der Waals surface area contributed by atoms with Crippen molar-refractivity contribution in [2.75, 3.05) is 19.8 Å². The first kappa shape index (κ1) is 26.9. The predicted molar refractivity (Wildman–Crippen MR) is 117 cm³/mol. The van der Waals surface area contributed by atoms with Crippen LogP contribution >= 0.6 is 0 Å². The molecule has 0 saturated carbocycles. The minimum Gasteiger partial charge on any atom is -0.434 e. The molecule has 0 spiro atoms. The van der Waals surface area contributed by atoms with Gasteiger partial charge in [-0.1, -0.05) is 85.0 Å². The maximum atomic E-state index is 12.2. The molecular formula is C24H44O6. The molecule has 1 rings (SSSR count). The number of unbranched alkanes of at least 4 members (excludes halogenated alkanes) is 10. The second-order valence-corrected chi connectivity index (χ2v) is 9.27. The first-order valence-electron chi connectivity index (χ1n) is 12.0. The first-order valence-corrected chi connectivity index (χ1v) is 12.0. The lowest BCUT2D eigenvalue weighted by Gasteiger charge is -2.43. The van der Waals surface area contributed by atoms with Gasteiger partial charge in [-0.05, 0) is 13.3 Å². The highest BCUT2D eigenvalue weighted by Gasteiger charge is 2.42. The van der Waals surface area contributed by atoms with Crippen molar-refractivity contribution >= 4 is 12.1 Å². The molecule has 1 aliphatic heterocycles. The molecule has 0 bridgehead atoms. The Hall–Kier alpha value is -1.14. The zero-order chi connectivity index (χ0) is 22.3. The van der Waals surface area contributed by atoms with Gasteiger partial charge in [-0.2, -0.15) is 0 Å². The lowest BCUT2D eigenvalue weighted by Crippen LogP contribution is -2.49. The predicted octanol–water partition coefficient (Wildman–Crippen LogP) is 6.55. The van der Waals surface area contributed by atoms with Gasteiger partial charge in [0.15, 0.2) is 5.79 Å². The molecule has 1 aliphatic rings. The fourth-order valence-corrected chi connectivity index (χ4v) is 3.63. The molecule has 0 aliphatic carbocycles. The Morgan fingerprint density at radius 2 is 1.30 bits per heavy atom. The second-order valence-electron chi connectivity index (χ2n) is 9.27. The van der Waals surface area contributed by atoms with Crippen LogP contribution in [-0.4, -0.2) is 37.7 Å². The van der Waals surface area contributed by atoms with Crippen molar-refractivity contribution < 1.29 is 28.5 Å². The summed E-state index contributed by atoms with van der Waals surface area (Å²) in [4.78, 5) is 23.6. The maximum absolute atomic E-state index is 12.2. The third kappa shape index (κ3) is 11.9. The van der Waals surface area contributed by atoms with Crippen LogP contribution in [0.15, 0.2) is 0 Å². The van der Waals surface area contributed by atoms with E-state index in [1.165, 1.54) is 57.8 Å². The average Bonchev–Trinajstić information content (AvgIpc) is 2.68. The first-order chi connectivity index (χ1) is 14.3. The molecule has 1 saturated heterocycles. The van der Waals surface area contributed by atoms with Gasteiger partial charge in [0.05, 0.1) is 19.8 Å². The SMILES string of the molecule is CCCCCCCCCCCCCC1(CC(=O)OC(=O)OCC)OCC(C)(C)CO1. The number of esters is 1. The molecule has 176 valence electrons. The van der Waals surface area contributed by atoms with E-state index >= 15 is 0 Å². The number of carbonyl (C=O) groups excluding carboxylic acids is 2. The minimum absolute atomic E-state index is 0.0916. The molecule has 6 heteroatoms. The monoisotopic (exact) mass is 428 g/mol. The summed E-state index contributed by atoms with van der Waals surface area (Å²) in [6, 6.07) is 0. The molecule has 0 N–H and O–H groups in total. The summed E-state index contributed by atoms with van der Waals surface area (Å²) in [5.41, 5.74) is -0.0916. The zero-order valence-electron chi connectivity index (χ0n) is 19.8. The van der Waals surface area contributed by atoms with E-state index in [1.54, 1.807) is 6.92 Å². The summed E-state index contributed by atoms with van der Waals surface area (Å²) in [5.74, 6) is -1.67. The highest BCUT2D eigenvalue weighted by Crippen LogP contribution is 2.35. The highest BCUT2D eigenvalue weighted by molar-refractivity contribution is 5.82. The highest BCUT2D eigenvalue weighted by atomic mass is 16.7. The van der Waals surface area contributed by atoms with E-state index in [-0.39, 0.29) is 18.4 Å². The number of hydrogen-bond donors (Lipinski definition) is 0. The van der Waals surface area contributed by atoms with E-state index in [4.69, 9.17) is 14.2 Å². The van der Waals surface area contributed by atoms with E-state index < -0.39 is 17.9 Å². The zero-order valence-corrected chi connectivity index (χ0v) is 19.8. The molecule has 0 amide bonds. The minimum atomic E-state index is -1.00. The average molecular weight is 429 g/mol. The molecule has 1 fully saturated rings. The fourth-order valence-electron chi connectivity index (χ4n) is 3.63. The number of ether oxygens (including phenoxy) is 4. The molecule has 1 heterocycles.